The fourth-order valence-electron chi connectivity index (χ4n) is 0.662. The molecule has 0 bridgehead atoms. The van der Waals surface area contributed by atoms with Gasteiger partial charge < -0.3 is 0 Å². The van der Waals surface area contributed by atoms with E-state index >= 15 is 0 Å². The summed E-state index contributed by atoms with van der Waals surface area (Å²) in [5.74, 6) is 0. The van der Waals surface area contributed by atoms with Crippen LogP contribution in [0.3, 0.4) is 0 Å². The lowest BCUT2D eigenvalue weighted by Crippen LogP contribution is -1.66. The number of allylic oxidation sites excluding steroid dienone is 2. The lowest BCUT2D eigenvalue weighted by atomic mass is 10.2. The quantitative estimate of drug-likeness (QED) is 0.668. The van der Waals surface area contributed by atoms with E-state index in [9.17, 15) is 0 Å². The monoisotopic (exact) mass is 216 g/mol. The van der Waals surface area contributed by atoms with Crippen molar-refractivity contribution in [2.45, 2.75) is 13.8 Å². The fraction of sp³-hybridized carbons (Fsp3) is 0.250. The van der Waals surface area contributed by atoms with Gasteiger partial charge in [0.25, 0.3) is 0 Å². The van der Waals surface area contributed by atoms with Gasteiger partial charge >= 0.3 is 0 Å². The highest BCUT2D eigenvalue weighted by Crippen LogP contribution is 2.25. The molecule has 0 unspecified atom stereocenters. The summed E-state index contributed by atoms with van der Waals surface area (Å²) in [5.41, 5.74) is 1.34. The summed E-state index contributed by atoms with van der Waals surface area (Å²) in [7, 11) is 0. The van der Waals surface area contributed by atoms with Crippen molar-refractivity contribution >= 4 is 32.8 Å². The van der Waals surface area contributed by atoms with E-state index in [-0.39, 0.29) is 0 Å². The molecule has 0 fully saturated rings. The Kier molecular flexibility index (Phi) is 2.69. The number of halogens is 1. The molecule has 0 aliphatic carbocycles. The van der Waals surface area contributed by atoms with Crippen LogP contribution >= 0.6 is 27.3 Å². The normalized spacial score (nSPS) is 12.1. The molecule has 0 radical (unpaired) electrons. The van der Waals surface area contributed by atoms with E-state index in [1.807, 2.05) is 0 Å². The highest BCUT2D eigenvalue weighted by atomic mass is 79.9. The molecule has 0 amide bonds. The molecule has 0 saturated carbocycles. The second-order valence-corrected chi connectivity index (χ2v) is 3.93. The van der Waals surface area contributed by atoms with Crippen LogP contribution in [0.2, 0.25) is 0 Å². The second kappa shape index (κ2) is 3.35. The number of hydrogen-bond acceptors (Lipinski definition) is 1. The molecule has 0 aliphatic rings. The van der Waals surface area contributed by atoms with Crippen LogP contribution in [-0.2, 0) is 0 Å². The Morgan fingerprint density at radius 3 is 2.80 bits per heavy atom. The van der Waals surface area contributed by atoms with Gasteiger partial charge in [-0.15, -0.1) is 11.3 Å². The van der Waals surface area contributed by atoms with Gasteiger partial charge in [-0.25, -0.2) is 0 Å². The Morgan fingerprint density at radius 1 is 1.70 bits per heavy atom. The Labute approximate surface area is 73.7 Å². The zero-order chi connectivity index (χ0) is 7.56. The van der Waals surface area contributed by atoms with Crippen LogP contribution in [-0.4, -0.2) is 0 Å². The average molecular weight is 217 g/mol. The van der Waals surface area contributed by atoms with Crippen molar-refractivity contribution in [2.75, 3.05) is 0 Å². The smallest absolute Gasteiger partial charge is 0.0307 e. The van der Waals surface area contributed by atoms with Crippen LogP contribution in [0.25, 0.3) is 5.57 Å². The number of hydrogen-bond donors (Lipinski definition) is 0. The highest BCUT2D eigenvalue weighted by Gasteiger charge is 1.96. The summed E-state index contributed by atoms with van der Waals surface area (Å²) in [6, 6.07) is 2.14. The van der Waals surface area contributed by atoms with E-state index in [0.717, 1.165) is 0 Å². The van der Waals surface area contributed by atoms with Gasteiger partial charge in [-0.3, -0.25) is 0 Å². The summed E-state index contributed by atoms with van der Waals surface area (Å²) in [6.45, 7) is 4.18. The van der Waals surface area contributed by atoms with Crippen LogP contribution in [0, 0.1) is 0 Å². The van der Waals surface area contributed by atoms with E-state index in [4.69, 9.17) is 0 Å². The van der Waals surface area contributed by atoms with Crippen LogP contribution in [0.1, 0.15) is 18.7 Å². The van der Waals surface area contributed by atoms with E-state index in [1.165, 1.54) is 14.9 Å². The molecule has 1 heterocycles. The first-order valence-corrected chi connectivity index (χ1v) is 4.78. The number of thiophene rings is 1. The van der Waals surface area contributed by atoms with Crippen LogP contribution in [0.15, 0.2) is 22.0 Å². The summed E-state index contributed by atoms with van der Waals surface area (Å²) in [5, 5.41) is 2.10. The largest absolute Gasteiger partial charge is 0.143 e. The molecule has 10 heavy (non-hydrogen) atoms. The number of rotatable bonds is 1. The maximum absolute atomic E-state index is 3.41. The fourth-order valence-corrected chi connectivity index (χ4v) is 2.13. The maximum atomic E-state index is 3.41. The van der Waals surface area contributed by atoms with Crippen LogP contribution in [0.5, 0.6) is 0 Å². The summed E-state index contributed by atoms with van der Waals surface area (Å²) < 4.78 is 1.17. The first-order chi connectivity index (χ1) is 4.74. The molecular formula is C8H9BrS. The molecule has 2 heteroatoms. The van der Waals surface area contributed by atoms with Gasteiger partial charge in [0.05, 0.1) is 0 Å². The molecule has 0 aliphatic heterocycles. The minimum Gasteiger partial charge on any atom is -0.143 e. The van der Waals surface area contributed by atoms with E-state index in [2.05, 4.69) is 47.3 Å². The van der Waals surface area contributed by atoms with Crippen molar-refractivity contribution < 1.29 is 0 Å². The molecular weight excluding hydrogens is 208 g/mol. The molecule has 1 aromatic heterocycles. The van der Waals surface area contributed by atoms with Crippen molar-refractivity contribution in [3.8, 4) is 0 Å². The van der Waals surface area contributed by atoms with Crippen molar-refractivity contribution in [3.05, 3.63) is 26.9 Å². The summed E-state index contributed by atoms with van der Waals surface area (Å²) >= 11 is 5.18. The van der Waals surface area contributed by atoms with Gasteiger partial charge in [0.15, 0.2) is 0 Å². The zero-order valence-electron chi connectivity index (χ0n) is 6.02. The predicted molar refractivity (Wildman–Crippen MR) is 51.3 cm³/mol. The van der Waals surface area contributed by atoms with Gasteiger partial charge in [-0.05, 0) is 41.4 Å². The standard InChI is InChI=1S/C8H9BrS/c1-3-6(2)8-4-7(9)5-10-8/h3-5H,1-2H3/b6-3+. The minimum atomic E-state index is 1.17. The summed E-state index contributed by atoms with van der Waals surface area (Å²) in [4.78, 5) is 1.34. The van der Waals surface area contributed by atoms with E-state index in [0.29, 0.717) is 0 Å². The molecule has 0 aromatic carbocycles. The van der Waals surface area contributed by atoms with Crippen molar-refractivity contribution in [1.29, 1.82) is 0 Å². The van der Waals surface area contributed by atoms with Crippen molar-refractivity contribution in [3.63, 3.8) is 0 Å². The lowest BCUT2D eigenvalue weighted by Gasteiger charge is -1.90. The Morgan fingerprint density at radius 2 is 2.40 bits per heavy atom. The lowest BCUT2D eigenvalue weighted by molar-refractivity contribution is 1.63. The van der Waals surface area contributed by atoms with Crippen molar-refractivity contribution in [2.24, 2.45) is 0 Å². The van der Waals surface area contributed by atoms with Crippen LogP contribution in [0.4, 0.5) is 0 Å². The second-order valence-electron chi connectivity index (χ2n) is 2.10. The summed E-state index contributed by atoms with van der Waals surface area (Å²) in [6.07, 6.45) is 2.12. The first kappa shape index (κ1) is 8.02. The van der Waals surface area contributed by atoms with E-state index < -0.39 is 0 Å². The minimum absolute atomic E-state index is 1.17. The third-order valence-corrected chi connectivity index (χ3v) is 3.22. The van der Waals surface area contributed by atoms with Crippen molar-refractivity contribution in [1.82, 2.24) is 0 Å². The topological polar surface area (TPSA) is 0 Å². The molecule has 0 N–H and O–H groups in total. The van der Waals surface area contributed by atoms with Gasteiger partial charge in [0.2, 0.25) is 0 Å². The molecule has 54 valence electrons. The molecule has 1 rings (SSSR count). The van der Waals surface area contributed by atoms with Gasteiger partial charge in [0.1, 0.15) is 0 Å². The van der Waals surface area contributed by atoms with Crippen LogP contribution < -0.4 is 0 Å². The Bertz CT molecular complexity index is 248. The molecule has 0 nitrogen and oxygen atoms in total. The molecule has 0 spiro atoms. The Hall–Kier alpha value is -0.0800. The highest BCUT2D eigenvalue weighted by molar-refractivity contribution is 9.10. The average Bonchev–Trinajstić information content (AvgIpc) is 2.34. The van der Waals surface area contributed by atoms with E-state index in [1.54, 1.807) is 11.3 Å². The Balaban J connectivity index is 2.95. The molecule has 0 saturated heterocycles. The van der Waals surface area contributed by atoms with Gasteiger partial charge in [-0.2, -0.15) is 0 Å². The molecule has 1 aromatic rings. The third-order valence-electron chi connectivity index (χ3n) is 1.39. The predicted octanol–water partition coefficient (Wildman–Crippen LogP) is 3.93. The van der Waals surface area contributed by atoms with Gasteiger partial charge in [0, 0.05) is 14.7 Å². The zero-order valence-corrected chi connectivity index (χ0v) is 8.42. The SMILES string of the molecule is C/C=C(\C)c1cc(Br)cs1. The first-order valence-electron chi connectivity index (χ1n) is 3.11. The van der Waals surface area contributed by atoms with Gasteiger partial charge in [-0.1, -0.05) is 6.08 Å². The molecule has 0 atom stereocenters. The third kappa shape index (κ3) is 1.70. The maximum Gasteiger partial charge on any atom is 0.0307 e.